The molecule has 0 atom stereocenters. The molecular weight excluding hydrogens is 225 g/mol. The van der Waals surface area contributed by atoms with Gasteiger partial charge in [-0.25, -0.2) is 0 Å². The van der Waals surface area contributed by atoms with Crippen molar-refractivity contribution in [3.05, 3.63) is 27.6 Å². The topological polar surface area (TPSA) is 12.9 Å². The molecule has 2 heteroatoms. The van der Waals surface area contributed by atoms with E-state index in [1.807, 2.05) is 6.07 Å². The molecule has 1 heterocycles. The fraction of sp³-hybridized carbons (Fsp3) is 0. The van der Waals surface area contributed by atoms with Crippen molar-refractivity contribution in [2.45, 2.75) is 0 Å². The summed E-state index contributed by atoms with van der Waals surface area (Å²) in [5.41, 5.74) is 0.908. The number of rotatable bonds is 0. The van der Waals surface area contributed by atoms with Crippen LogP contribution in [0.25, 0.3) is 0 Å². The van der Waals surface area contributed by atoms with Gasteiger partial charge in [0.1, 0.15) is 0 Å². The Hall–Kier alpha value is -0.560. The Morgan fingerprint density at radius 1 is 1.67 bits per heavy atom. The number of terminal acetylenes is 1. The first-order valence-electron chi connectivity index (χ1n) is 2.40. The second kappa shape index (κ2) is 2.83. The zero-order valence-corrected chi connectivity index (χ0v) is 6.79. The van der Waals surface area contributed by atoms with E-state index in [1.54, 1.807) is 12.4 Å². The second-order valence-electron chi connectivity index (χ2n) is 1.50. The Morgan fingerprint density at radius 2 is 2.44 bits per heavy atom. The highest BCUT2D eigenvalue weighted by Crippen LogP contribution is 2.06. The molecule has 0 aliphatic rings. The Balaban J connectivity index is 3.20. The quantitative estimate of drug-likeness (QED) is 0.487. The van der Waals surface area contributed by atoms with E-state index in [2.05, 4.69) is 33.5 Å². The van der Waals surface area contributed by atoms with Crippen LogP contribution in [0.3, 0.4) is 0 Å². The molecule has 0 aliphatic carbocycles. The number of pyridine rings is 1. The summed E-state index contributed by atoms with van der Waals surface area (Å²) in [6, 6.07) is 1.82. The first kappa shape index (κ1) is 6.56. The van der Waals surface area contributed by atoms with Crippen molar-refractivity contribution in [3.63, 3.8) is 0 Å². The van der Waals surface area contributed by atoms with E-state index in [0.29, 0.717) is 0 Å². The fourth-order valence-corrected chi connectivity index (χ4v) is 0.989. The van der Waals surface area contributed by atoms with E-state index in [0.717, 1.165) is 9.13 Å². The van der Waals surface area contributed by atoms with Gasteiger partial charge in [0.2, 0.25) is 0 Å². The van der Waals surface area contributed by atoms with Crippen molar-refractivity contribution >= 4 is 22.6 Å². The van der Waals surface area contributed by atoms with E-state index in [1.165, 1.54) is 0 Å². The first-order chi connectivity index (χ1) is 4.34. The van der Waals surface area contributed by atoms with Gasteiger partial charge in [0.25, 0.3) is 0 Å². The van der Waals surface area contributed by atoms with Crippen molar-refractivity contribution < 1.29 is 0 Å². The van der Waals surface area contributed by atoms with Crippen molar-refractivity contribution in [2.24, 2.45) is 0 Å². The average Bonchev–Trinajstić information content (AvgIpc) is 1.89. The summed E-state index contributed by atoms with van der Waals surface area (Å²) in [7, 11) is 0. The highest BCUT2D eigenvalue weighted by Gasteiger charge is 1.90. The minimum atomic E-state index is 0.908. The minimum Gasteiger partial charge on any atom is -0.264 e. The maximum atomic E-state index is 5.17. The molecule has 0 aromatic carbocycles. The van der Waals surface area contributed by atoms with E-state index >= 15 is 0 Å². The zero-order chi connectivity index (χ0) is 6.69. The lowest BCUT2D eigenvalue weighted by molar-refractivity contribution is 1.30. The molecule has 0 bridgehead atoms. The van der Waals surface area contributed by atoms with Crippen molar-refractivity contribution in [3.8, 4) is 12.3 Å². The molecule has 9 heavy (non-hydrogen) atoms. The third kappa shape index (κ3) is 1.42. The molecule has 1 rings (SSSR count). The summed E-state index contributed by atoms with van der Waals surface area (Å²) in [6.07, 6.45) is 8.61. The highest BCUT2D eigenvalue weighted by atomic mass is 127. The monoisotopic (exact) mass is 229 g/mol. The lowest BCUT2D eigenvalue weighted by atomic mass is 10.3. The van der Waals surface area contributed by atoms with E-state index in [4.69, 9.17) is 6.42 Å². The molecular formula is C7H4IN. The standard InChI is InChI=1S/C7H4IN/c1-2-6-3-4-9-5-7(6)8/h1,3-5H. The van der Waals surface area contributed by atoms with Gasteiger partial charge in [-0.05, 0) is 28.7 Å². The van der Waals surface area contributed by atoms with Crippen LogP contribution in [0.5, 0.6) is 0 Å². The Kier molecular flexibility index (Phi) is 2.06. The number of aromatic nitrogens is 1. The lowest BCUT2D eigenvalue weighted by Crippen LogP contribution is -1.80. The SMILES string of the molecule is C#Cc1ccncc1I. The van der Waals surface area contributed by atoms with Gasteiger partial charge >= 0.3 is 0 Å². The van der Waals surface area contributed by atoms with Crippen molar-refractivity contribution in [1.82, 2.24) is 4.98 Å². The molecule has 0 radical (unpaired) electrons. The van der Waals surface area contributed by atoms with Gasteiger partial charge in [-0.1, -0.05) is 5.92 Å². The molecule has 0 aliphatic heterocycles. The first-order valence-corrected chi connectivity index (χ1v) is 3.48. The van der Waals surface area contributed by atoms with Gasteiger partial charge in [-0.15, -0.1) is 6.42 Å². The number of hydrogen-bond acceptors (Lipinski definition) is 1. The molecule has 1 aromatic heterocycles. The summed E-state index contributed by atoms with van der Waals surface area (Å²) in [5, 5.41) is 0. The van der Waals surface area contributed by atoms with Crippen LogP contribution in [0, 0.1) is 15.9 Å². The van der Waals surface area contributed by atoms with Crippen LogP contribution in [-0.2, 0) is 0 Å². The van der Waals surface area contributed by atoms with Gasteiger partial charge in [0.15, 0.2) is 0 Å². The van der Waals surface area contributed by atoms with E-state index in [9.17, 15) is 0 Å². The van der Waals surface area contributed by atoms with E-state index < -0.39 is 0 Å². The van der Waals surface area contributed by atoms with Gasteiger partial charge in [-0.3, -0.25) is 4.98 Å². The molecule has 0 amide bonds. The maximum absolute atomic E-state index is 5.17. The van der Waals surface area contributed by atoms with Gasteiger partial charge < -0.3 is 0 Å². The Morgan fingerprint density at radius 3 is 2.89 bits per heavy atom. The largest absolute Gasteiger partial charge is 0.264 e. The molecule has 0 saturated carbocycles. The molecule has 44 valence electrons. The lowest BCUT2D eigenvalue weighted by Gasteiger charge is -1.90. The average molecular weight is 229 g/mol. The summed E-state index contributed by atoms with van der Waals surface area (Å²) in [5.74, 6) is 2.55. The molecule has 0 fully saturated rings. The van der Waals surface area contributed by atoms with E-state index in [-0.39, 0.29) is 0 Å². The Bertz CT molecular complexity index is 249. The molecule has 0 N–H and O–H groups in total. The fourth-order valence-electron chi connectivity index (χ4n) is 0.492. The minimum absolute atomic E-state index is 0.908. The van der Waals surface area contributed by atoms with Crippen molar-refractivity contribution in [1.29, 1.82) is 0 Å². The van der Waals surface area contributed by atoms with Crippen molar-refractivity contribution in [2.75, 3.05) is 0 Å². The second-order valence-corrected chi connectivity index (χ2v) is 2.66. The summed E-state index contributed by atoms with van der Waals surface area (Å²) < 4.78 is 1.03. The molecule has 0 saturated heterocycles. The zero-order valence-electron chi connectivity index (χ0n) is 4.63. The smallest absolute Gasteiger partial charge is 0.0470 e. The van der Waals surface area contributed by atoms with Crippen LogP contribution in [0.15, 0.2) is 18.5 Å². The van der Waals surface area contributed by atoms with Gasteiger partial charge in [0, 0.05) is 21.5 Å². The molecule has 1 aromatic rings. The number of hydrogen-bond donors (Lipinski definition) is 0. The molecule has 0 spiro atoms. The predicted octanol–water partition coefficient (Wildman–Crippen LogP) is 1.67. The van der Waals surface area contributed by atoms with Crippen LogP contribution in [0.4, 0.5) is 0 Å². The normalized spacial score (nSPS) is 8.44. The highest BCUT2D eigenvalue weighted by molar-refractivity contribution is 14.1. The maximum Gasteiger partial charge on any atom is 0.0470 e. The molecule has 1 nitrogen and oxygen atoms in total. The summed E-state index contributed by atoms with van der Waals surface area (Å²) >= 11 is 2.16. The Labute approximate surface area is 67.6 Å². The van der Waals surface area contributed by atoms with Crippen LogP contribution < -0.4 is 0 Å². The van der Waals surface area contributed by atoms with Crippen LogP contribution in [-0.4, -0.2) is 4.98 Å². The van der Waals surface area contributed by atoms with Crippen LogP contribution in [0.1, 0.15) is 5.56 Å². The molecule has 0 unspecified atom stereocenters. The third-order valence-corrected chi connectivity index (χ3v) is 1.79. The van der Waals surface area contributed by atoms with Crippen LogP contribution >= 0.6 is 22.6 Å². The van der Waals surface area contributed by atoms with Gasteiger partial charge in [0.05, 0.1) is 0 Å². The predicted molar refractivity (Wildman–Crippen MR) is 44.9 cm³/mol. The van der Waals surface area contributed by atoms with Gasteiger partial charge in [-0.2, -0.15) is 0 Å². The number of halogens is 1. The number of nitrogens with zero attached hydrogens (tertiary/aromatic N) is 1. The summed E-state index contributed by atoms with van der Waals surface area (Å²) in [4.78, 5) is 3.89. The third-order valence-electron chi connectivity index (χ3n) is 0.928. The van der Waals surface area contributed by atoms with Crippen LogP contribution in [0.2, 0.25) is 0 Å². The summed E-state index contributed by atoms with van der Waals surface area (Å²) in [6.45, 7) is 0.